The first kappa shape index (κ1) is 8.85. The van der Waals surface area contributed by atoms with Gasteiger partial charge in [0.05, 0.1) is 6.21 Å². The third-order valence-corrected chi connectivity index (χ3v) is 3.44. The number of thioether (sulfide) groups is 1. The first-order chi connectivity index (χ1) is 7.33. The molecular formula is C11H9N3S. The Morgan fingerprint density at radius 1 is 1.20 bits per heavy atom. The van der Waals surface area contributed by atoms with Crippen LogP contribution in [0.1, 0.15) is 11.1 Å². The maximum absolute atomic E-state index is 4.55. The second-order valence-corrected chi connectivity index (χ2v) is 4.56. The van der Waals surface area contributed by atoms with Crippen molar-refractivity contribution in [1.29, 1.82) is 0 Å². The molecule has 0 aromatic heterocycles. The summed E-state index contributed by atoms with van der Waals surface area (Å²) in [6, 6.07) is 8.47. The molecule has 0 spiro atoms. The highest BCUT2D eigenvalue weighted by molar-refractivity contribution is 8.27. The molecule has 74 valence electrons. The second-order valence-electron chi connectivity index (χ2n) is 3.55. The molecule has 3 nitrogen and oxygen atoms in total. The minimum Gasteiger partial charge on any atom is -0.261 e. The Bertz CT molecular complexity index is 485. The van der Waals surface area contributed by atoms with Crippen molar-refractivity contribution in [2.75, 3.05) is 0 Å². The summed E-state index contributed by atoms with van der Waals surface area (Å²) in [7, 11) is 0. The SMILES string of the molecule is Cc1ccc(C2=NC3C=NN=C3S2)cc1. The highest BCUT2D eigenvalue weighted by Gasteiger charge is 2.27. The lowest BCUT2D eigenvalue weighted by Gasteiger charge is -1.99. The molecule has 0 saturated carbocycles. The predicted molar refractivity (Wildman–Crippen MR) is 65.0 cm³/mol. The summed E-state index contributed by atoms with van der Waals surface area (Å²) < 4.78 is 0. The molecule has 0 aliphatic carbocycles. The molecular weight excluding hydrogens is 206 g/mol. The summed E-state index contributed by atoms with van der Waals surface area (Å²) >= 11 is 1.62. The normalized spacial score (nSPS) is 22.6. The van der Waals surface area contributed by atoms with Crippen LogP contribution in [0.5, 0.6) is 0 Å². The Hall–Kier alpha value is -1.42. The molecule has 1 aromatic rings. The van der Waals surface area contributed by atoms with Gasteiger partial charge in [-0.3, -0.25) is 4.99 Å². The molecule has 1 aromatic carbocycles. The third-order valence-electron chi connectivity index (χ3n) is 2.37. The van der Waals surface area contributed by atoms with Crippen LogP contribution >= 0.6 is 11.8 Å². The Morgan fingerprint density at radius 2 is 2.00 bits per heavy atom. The van der Waals surface area contributed by atoms with Crippen LogP contribution in [0.2, 0.25) is 0 Å². The lowest BCUT2D eigenvalue weighted by Crippen LogP contribution is -2.06. The van der Waals surface area contributed by atoms with E-state index in [1.165, 1.54) is 5.56 Å². The van der Waals surface area contributed by atoms with E-state index >= 15 is 0 Å². The number of aryl methyl sites for hydroxylation is 1. The van der Waals surface area contributed by atoms with Gasteiger partial charge in [0.2, 0.25) is 0 Å². The Kier molecular flexibility index (Phi) is 1.95. The Labute approximate surface area is 92.0 Å². The first-order valence-electron chi connectivity index (χ1n) is 4.77. The number of aliphatic imine (C=N–C) groups is 1. The van der Waals surface area contributed by atoms with Crippen LogP contribution in [0.4, 0.5) is 0 Å². The molecule has 0 bridgehead atoms. The van der Waals surface area contributed by atoms with Gasteiger partial charge in [0.25, 0.3) is 0 Å². The van der Waals surface area contributed by atoms with E-state index in [0.29, 0.717) is 0 Å². The summed E-state index contributed by atoms with van der Waals surface area (Å²) in [5.41, 5.74) is 2.43. The van der Waals surface area contributed by atoms with Crippen LogP contribution in [0.15, 0.2) is 39.5 Å². The zero-order chi connectivity index (χ0) is 10.3. The molecule has 2 aliphatic heterocycles. The third kappa shape index (κ3) is 1.51. The van der Waals surface area contributed by atoms with E-state index in [1.807, 2.05) is 0 Å². The van der Waals surface area contributed by atoms with Crippen LogP contribution in [0.3, 0.4) is 0 Å². The summed E-state index contributed by atoms with van der Waals surface area (Å²) in [5.74, 6) is 0. The number of hydrogen-bond acceptors (Lipinski definition) is 4. The van der Waals surface area contributed by atoms with Crippen LogP contribution in [-0.2, 0) is 0 Å². The van der Waals surface area contributed by atoms with Gasteiger partial charge in [0.1, 0.15) is 16.1 Å². The molecule has 15 heavy (non-hydrogen) atoms. The highest BCUT2D eigenvalue weighted by Crippen LogP contribution is 2.27. The number of hydrogen-bond donors (Lipinski definition) is 0. The van der Waals surface area contributed by atoms with E-state index in [2.05, 4.69) is 46.4 Å². The smallest absolute Gasteiger partial charge is 0.138 e. The van der Waals surface area contributed by atoms with Crippen LogP contribution in [0.25, 0.3) is 0 Å². The molecule has 2 aliphatic rings. The summed E-state index contributed by atoms with van der Waals surface area (Å²) in [4.78, 5) is 4.55. The van der Waals surface area contributed by atoms with Crippen LogP contribution < -0.4 is 0 Å². The second kappa shape index (κ2) is 3.31. The van der Waals surface area contributed by atoms with Gasteiger partial charge < -0.3 is 0 Å². The van der Waals surface area contributed by atoms with Gasteiger partial charge in [-0.1, -0.05) is 29.8 Å². The topological polar surface area (TPSA) is 37.1 Å². The van der Waals surface area contributed by atoms with Gasteiger partial charge in [-0.25, -0.2) is 0 Å². The molecule has 0 amide bonds. The van der Waals surface area contributed by atoms with Gasteiger partial charge in [-0.15, -0.1) is 5.10 Å². The van der Waals surface area contributed by atoms with Crippen molar-refractivity contribution in [3.05, 3.63) is 35.4 Å². The number of fused-ring (bicyclic) bond motifs is 1. The van der Waals surface area contributed by atoms with Crippen molar-refractivity contribution < 1.29 is 0 Å². The zero-order valence-electron chi connectivity index (χ0n) is 8.21. The molecule has 0 saturated heterocycles. The van der Waals surface area contributed by atoms with Gasteiger partial charge in [-0.05, 0) is 18.7 Å². The van der Waals surface area contributed by atoms with E-state index in [9.17, 15) is 0 Å². The van der Waals surface area contributed by atoms with E-state index < -0.39 is 0 Å². The molecule has 2 heterocycles. The van der Waals surface area contributed by atoms with Crippen molar-refractivity contribution >= 4 is 28.1 Å². The van der Waals surface area contributed by atoms with E-state index in [4.69, 9.17) is 0 Å². The lowest BCUT2D eigenvalue weighted by atomic mass is 10.2. The number of nitrogens with zero attached hydrogens (tertiary/aromatic N) is 3. The van der Waals surface area contributed by atoms with Crippen molar-refractivity contribution in [3.8, 4) is 0 Å². The van der Waals surface area contributed by atoms with Crippen molar-refractivity contribution in [1.82, 2.24) is 0 Å². The maximum atomic E-state index is 4.55. The van der Waals surface area contributed by atoms with E-state index in [-0.39, 0.29) is 6.04 Å². The van der Waals surface area contributed by atoms with E-state index in [0.717, 1.165) is 15.7 Å². The number of rotatable bonds is 1. The minimum atomic E-state index is 0.0753. The quantitative estimate of drug-likeness (QED) is 0.708. The zero-order valence-corrected chi connectivity index (χ0v) is 9.03. The summed E-state index contributed by atoms with van der Waals surface area (Å²) in [6.07, 6.45) is 1.78. The Balaban J connectivity index is 1.94. The molecule has 0 fully saturated rings. The minimum absolute atomic E-state index is 0.0753. The number of benzene rings is 1. The average molecular weight is 215 g/mol. The first-order valence-corrected chi connectivity index (χ1v) is 5.58. The van der Waals surface area contributed by atoms with Crippen LogP contribution in [0, 0.1) is 6.92 Å². The fraction of sp³-hybridized carbons (Fsp3) is 0.182. The monoisotopic (exact) mass is 215 g/mol. The van der Waals surface area contributed by atoms with Gasteiger partial charge >= 0.3 is 0 Å². The van der Waals surface area contributed by atoms with Crippen LogP contribution in [-0.4, -0.2) is 22.3 Å². The van der Waals surface area contributed by atoms with Crippen molar-refractivity contribution in [2.45, 2.75) is 13.0 Å². The summed E-state index contributed by atoms with van der Waals surface area (Å²) in [5, 5.41) is 9.91. The Morgan fingerprint density at radius 3 is 2.73 bits per heavy atom. The fourth-order valence-electron chi connectivity index (χ4n) is 1.53. The molecule has 0 radical (unpaired) electrons. The lowest BCUT2D eigenvalue weighted by molar-refractivity contribution is 1.22. The molecule has 4 heteroatoms. The molecule has 1 unspecified atom stereocenters. The standard InChI is InChI=1S/C11H9N3S/c1-7-2-4-8(5-3-7)10-13-9-6-12-14-11(9)15-10/h2-6,9H,1H3. The fourth-order valence-corrected chi connectivity index (χ4v) is 2.47. The van der Waals surface area contributed by atoms with Gasteiger partial charge in [-0.2, -0.15) is 5.10 Å². The largest absolute Gasteiger partial charge is 0.261 e. The average Bonchev–Trinajstić information content (AvgIpc) is 2.78. The summed E-state index contributed by atoms with van der Waals surface area (Å²) in [6.45, 7) is 2.08. The van der Waals surface area contributed by atoms with Gasteiger partial charge in [0.15, 0.2) is 0 Å². The molecule has 1 atom stereocenters. The van der Waals surface area contributed by atoms with Crippen molar-refractivity contribution in [2.24, 2.45) is 15.2 Å². The maximum Gasteiger partial charge on any atom is 0.138 e. The van der Waals surface area contributed by atoms with E-state index in [1.54, 1.807) is 18.0 Å². The highest BCUT2D eigenvalue weighted by atomic mass is 32.2. The molecule has 0 N–H and O–H groups in total. The molecule has 3 rings (SSSR count). The van der Waals surface area contributed by atoms with Crippen molar-refractivity contribution in [3.63, 3.8) is 0 Å². The predicted octanol–water partition coefficient (Wildman–Crippen LogP) is 2.25. The van der Waals surface area contributed by atoms with Gasteiger partial charge in [0, 0.05) is 5.56 Å².